The van der Waals surface area contributed by atoms with Gasteiger partial charge in [0.2, 0.25) is 5.91 Å². The first-order chi connectivity index (χ1) is 12.9. The topological polar surface area (TPSA) is 84.7 Å². The first-order valence-electron chi connectivity index (χ1n) is 8.61. The molecule has 144 valence electrons. The van der Waals surface area contributed by atoms with Crippen LogP contribution in [0.1, 0.15) is 30.6 Å². The molecule has 1 aromatic carbocycles. The van der Waals surface area contributed by atoms with Crippen LogP contribution >= 0.6 is 11.6 Å². The van der Waals surface area contributed by atoms with Crippen LogP contribution < -0.4 is 5.32 Å². The van der Waals surface area contributed by atoms with Gasteiger partial charge < -0.3 is 14.6 Å². The van der Waals surface area contributed by atoms with Gasteiger partial charge in [-0.25, -0.2) is 0 Å². The average Bonchev–Trinajstić information content (AvgIpc) is 3.27. The zero-order valence-corrected chi connectivity index (χ0v) is 16.2. The molecule has 1 amide bonds. The molecule has 0 saturated carbocycles. The Balaban J connectivity index is 1.91. The van der Waals surface area contributed by atoms with Gasteiger partial charge >= 0.3 is 5.97 Å². The quantitative estimate of drug-likeness (QED) is 0.788. The van der Waals surface area contributed by atoms with Crippen LogP contribution in [0.15, 0.2) is 41.1 Å². The number of carbonyl (C=O) groups excluding carboxylic acids is 2. The molecule has 0 bridgehead atoms. The van der Waals surface area contributed by atoms with Gasteiger partial charge in [-0.3, -0.25) is 14.5 Å². The number of nitrogens with one attached hydrogen (secondary N) is 1. The van der Waals surface area contributed by atoms with Crippen LogP contribution in [0, 0.1) is 5.92 Å². The molecule has 7 nitrogen and oxygen atoms in total. The summed E-state index contributed by atoms with van der Waals surface area (Å²) in [5.74, 6) is -1.04. The van der Waals surface area contributed by atoms with Gasteiger partial charge in [0.25, 0.3) is 0 Å². The first kappa shape index (κ1) is 19.4. The van der Waals surface area contributed by atoms with Crippen LogP contribution in [-0.4, -0.2) is 41.6 Å². The number of carbonyl (C=O) groups is 2. The van der Waals surface area contributed by atoms with Gasteiger partial charge in [-0.1, -0.05) is 35.0 Å². The first-order valence-corrected chi connectivity index (χ1v) is 8.99. The van der Waals surface area contributed by atoms with E-state index in [0.717, 1.165) is 5.56 Å². The second-order valence-corrected chi connectivity index (χ2v) is 7.27. The van der Waals surface area contributed by atoms with E-state index in [1.54, 1.807) is 19.1 Å². The van der Waals surface area contributed by atoms with Gasteiger partial charge in [-0.05, 0) is 32.0 Å². The number of hydrogen-bond donors (Lipinski definition) is 1. The molecule has 27 heavy (non-hydrogen) atoms. The van der Waals surface area contributed by atoms with E-state index < -0.39 is 11.5 Å². The summed E-state index contributed by atoms with van der Waals surface area (Å²) in [4.78, 5) is 27.3. The predicted molar refractivity (Wildman–Crippen MR) is 98.8 cm³/mol. The highest BCUT2D eigenvalue weighted by Crippen LogP contribution is 2.47. The Morgan fingerprint density at radius 3 is 2.78 bits per heavy atom. The van der Waals surface area contributed by atoms with Crippen molar-refractivity contribution in [2.75, 3.05) is 14.2 Å². The Hall–Kier alpha value is -2.38. The second kappa shape index (κ2) is 7.70. The van der Waals surface area contributed by atoms with Crippen LogP contribution in [-0.2, 0) is 20.9 Å². The van der Waals surface area contributed by atoms with E-state index >= 15 is 0 Å². The molecule has 0 spiro atoms. The summed E-state index contributed by atoms with van der Waals surface area (Å²) in [6.07, 6.45) is 1.77. The molecule has 0 aliphatic carbocycles. The summed E-state index contributed by atoms with van der Waals surface area (Å²) in [6, 6.07) is 8.69. The van der Waals surface area contributed by atoms with E-state index in [0.29, 0.717) is 17.1 Å². The molecule has 0 radical (unpaired) electrons. The Morgan fingerprint density at radius 2 is 2.15 bits per heavy atom. The molecule has 3 atom stereocenters. The van der Waals surface area contributed by atoms with Crippen LogP contribution in [0.4, 0.5) is 0 Å². The van der Waals surface area contributed by atoms with Gasteiger partial charge in [0, 0.05) is 17.1 Å². The van der Waals surface area contributed by atoms with Crippen LogP contribution in [0.2, 0.25) is 5.02 Å². The maximum Gasteiger partial charge on any atom is 0.326 e. The lowest BCUT2D eigenvalue weighted by Gasteiger charge is -2.33. The number of ether oxygens (including phenoxy) is 1. The molecule has 3 rings (SSSR count). The smallest absolute Gasteiger partial charge is 0.326 e. The van der Waals surface area contributed by atoms with Crippen molar-refractivity contribution in [1.29, 1.82) is 0 Å². The third-order valence-corrected chi connectivity index (χ3v) is 5.66. The van der Waals surface area contributed by atoms with Crippen LogP contribution in [0.3, 0.4) is 0 Å². The molecule has 1 fully saturated rings. The lowest BCUT2D eigenvalue weighted by Crippen LogP contribution is -2.47. The minimum atomic E-state index is -0.936. The Bertz CT molecular complexity index is 826. The lowest BCUT2D eigenvalue weighted by molar-refractivity contribution is -0.152. The van der Waals surface area contributed by atoms with Gasteiger partial charge in [0.05, 0.1) is 19.6 Å². The van der Waals surface area contributed by atoms with Crippen molar-refractivity contribution in [3.63, 3.8) is 0 Å². The van der Waals surface area contributed by atoms with Crippen molar-refractivity contribution in [2.45, 2.75) is 31.5 Å². The van der Waals surface area contributed by atoms with E-state index in [9.17, 15) is 9.59 Å². The third-order valence-electron chi connectivity index (χ3n) is 5.31. The number of hydrogen-bond acceptors (Lipinski definition) is 6. The zero-order chi connectivity index (χ0) is 19.6. The van der Waals surface area contributed by atoms with E-state index in [1.807, 2.05) is 30.1 Å². The summed E-state index contributed by atoms with van der Waals surface area (Å²) in [7, 11) is 3.17. The van der Waals surface area contributed by atoms with E-state index in [4.69, 9.17) is 20.9 Å². The second-order valence-electron chi connectivity index (χ2n) is 6.86. The van der Waals surface area contributed by atoms with Crippen molar-refractivity contribution < 1.29 is 18.8 Å². The largest absolute Gasteiger partial charge is 0.468 e. The van der Waals surface area contributed by atoms with E-state index in [2.05, 4.69) is 10.5 Å². The van der Waals surface area contributed by atoms with Crippen LogP contribution in [0.25, 0.3) is 0 Å². The standard InChI is InChI=1S/C19H22ClN3O4/c1-19(18(25)26-3)10-14(17(24)21-11-12-8-9-27-22-12)16(23(19)2)13-6-4-5-7-15(13)20/h4-9,14,16H,10-11H2,1-3H3,(H,21,24)/t14-,16-,19-/m0/s1. The van der Waals surface area contributed by atoms with E-state index in [-0.39, 0.29) is 24.5 Å². The van der Waals surface area contributed by atoms with Crippen molar-refractivity contribution in [2.24, 2.45) is 5.92 Å². The molecular formula is C19H22ClN3O4. The van der Waals surface area contributed by atoms with Crippen LogP contribution in [0.5, 0.6) is 0 Å². The van der Waals surface area contributed by atoms with Crippen molar-refractivity contribution >= 4 is 23.5 Å². The van der Waals surface area contributed by atoms with Gasteiger partial charge in [0.15, 0.2) is 0 Å². The molecule has 1 aliphatic rings. The van der Waals surface area contributed by atoms with Crippen molar-refractivity contribution in [3.8, 4) is 0 Å². The maximum absolute atomic E-state index is 13.0. The van der Waals surface area contributed by atoms with Gasteiger partial charge in [0.1, 0.15) is 17.5 Å². The highest BCUT2D eigenvalue weighted by atomic mass is 35.5. The van der Waals surface area contributed by atoms with Gasteiger partial charge in [-0.2, -0.15) is 0 Å². The number of aromatic nitrogens is 1. The van der Waals surface area contributed by atoms with Crippen molar-refractivity contribution in [3.05, 3.63) is 52.9 Å². The number of esters is 1. The highest BCUT2D eigenvalue weighted by molar-refractivity contribution is 6.31. The fourth-order valence-corrected chi connectivity index (χ4v) is 3.97. The summed E-state index contributed by atoms with van der Waals surface area (Å²) < 4.78 is 9.79. The molecule has 2 heterocycles. The molecular weight excluding hydrogens is 370 g/mol. The minimum absolute atomic E-state index is 0.178. The fraction of sp³-hybridized carbons (Fsp3) is 0.421. The lowest BCUT2D eigenvalue weighted by atomic mass is 9.89. The summed E-state index contributed by atoms with van der Waals surface area (Å²) >= 11 is 6.41. The number of halogens is 1. The Morgan fingerprint density at radius 1 is 1.41 bits per heavy atom. The molecule has 0 unspecified atom stereocenters. The zero-order valence-electron chi connectivity index (χ0n) is 15.4. The summed E-state index contributed by atoms with van der Waals surface area (Å²) in [5, 5.41) is 7.23. The molecule has 1 N–H and O–H groups in total. The Labute approximate surface area is 162 Å². The third kappa shape index (κ3) is 3.57. The number of methoxy groups -OCH3 is 1. The predicted octanol–water partition coefficient (Wildman–Crippen LogP) is 2.57. The minimum Gasteiger partial charge on any atom is -0.468 e. The number of nitrogens with zero attached hydrogens (tertiary/aromatic N) is 2. The van der Waals surface area contributed by atoms with Crippen molar-refractivity contribution in [1.82, 2.24) is 15.4 Å². The maximum atomic E-state index is 13.0. The number of benzene rings is 1. The fourth-order valence-electron chi connectivity index (χ4n) is 3.72. The summed E-state index contributed by atoms with van der Waals surface area (Å²) in [6.45, 7) is 2.04. The molecule has 1 aliphatic heterocycles. The summed E-state index contributed by atoms with van der Waals surface area (Å²) in [5.41, 5.74) is 0.490. The monoisotopic (exact) mass is 391 g/mol. The number of likely N-dealkylation sites (N-methyl/N-ethyl adjacent to an activating group) is 1. The highest BCUT2D eigenvalue weighted by Gasteiger charge is 2.55. The van der Waals surface area contributed by atoms with Gasteiger partial charge in [-0.15, -0.1) is 0 Å². The average molecular weight is 392 g/mol. The molecule has 8 heteroatoms. The molecule has 1 aromatic heterocycles. The SMILES string of the molecule is COC(=O)[C@]1(C)C[C@H](C(=O)NCc2ccon2)[C@H](c2ccccc2Cl)N1C. The number of rotatable bonds is 5. The van der Waals surface area contributed by atoms with E-state index in [1.165, 1.54) is 13.4 Å². The number of likely N-dealkylation sites (tertiary alicyclic amines) is 1. The Kier molecular flexibility index (Phi) is 5.53. The molecule has 1 saturated heterocycles. The number of amides is 1. The molecule has 2 aromatic rings. The normalized spacial score (nSPS) is 25.3.